The van der Waals surface area contributed by atoms with Gasteiger partial charge in [-0.05, 0) is 42.3 Å². The zero-order chi connectivity index (χ0) is 12.0. The van der Waals surface area contributed by atoms with Gasteiger partial charge in [-0.15, -0.1) is 0 Å². The predicted octanol–water partition coefficient (Wildman–Crippen LogP) is 3.73. The van der Waals surface area contributed by atoms with Crippen molar-refractivity contribution < 1.29 is 0 Å². The molecule has 0 radical (unpaired) electrons. The maximum absolute atomic E-state index is 5.61. The maximum Gasteiger partial charge on any atom is -0.00745 e. The Kier molecular flexibility index (Phi) is 5.54. The standard InChI is InChI=1S/C15H25N/c1-4-5-14-6-8-15(9-7-14)13(3)12(2)10-11-16/h6-9,12-13H,4-5,10-11,16H2,1-3H3. The normalized spacial score (nSPS) is 14.8. The van der Waals surface area contributed by atoms with Crippen LogP contribution in [0.4, 0.5) is 0 Å². The summed E-state index contributed by atoms with van der Waals surface area (Å²) in [6, 6.07) is 9.10. The first kappa shape index (κ1) is 13.2. The first-order valence-electron chi connectivity index (χ1n) is 6.48. The third-order valence-electron chi connectivity index (χ3n) is 3.52. The van der Waals surface area contributed by atoms with Crippen LogP contribution in [-0.2, 0) is 6.42 Å². The van der Waals surface area contributed by atoms with Crippen LogP contribution in [0.25, 0.3) is 0 Å². The van der Waals surface area contributed by atoms with Crippen LogP contribution in [0.1, 0.15) is 50.7 Å². The Balaban J connectivity index is 2.65. The summed E-state index contributed by atoms with van der Waals surface area (Å²) in [4.78, 5) is 0. The summed E-state index contributed by atoms with van der Waals surface area (Å²) in [6.07, 6.45) is 3.52. The third-order valence-corrected chi connectivity index (χ3v) is 3.52. The Morgan fingerprint density at radius 1 is 1.12 bits per heavy atom. The first-order valence-corrected chi connectivity index (χ1v) is 6.48. The molecular weight excluding hydrogens is 194 g/mol. The largest absolute Gasteiger partial charge is 0.330 e. The molecule has 2 N–H and O–H groups in total. The molecule has 1 aromatic carbocycles. The van der Waals surface area contributed by atoms with Crippen molar-refractivity contribution in [2.24, 2.45) is 11.7 Å². The van der Waals surface area contributed by atoms with Crippen molar-refractivity contribution >= 4 is 0 Å². The maximum atomic E-state index is 5.61. The van der Waals surface area contributed by atoms with Crippen molar-refractivity contribution in [1.29, 1.82) is 0 Å². The highest BCUT2D eigenvalue weighted by molar-refractivity contribution is 5.25. The molecule has 2 unspecified atom stereocenters. The Labute approximate surface area is 100 Å². The molecule has 0 aliphatic rings. The molecule has 0 aromatic heterocycles. The number of rotatable bonds is 6. The molecular formula is C15H25N. The molecule has 1 heteroatoms. The number of hydrogen-bond acceptors (Lipinski definition) is 1. The van der Waals surface area contributed by atoms with E-state index in [1.165, 1.54) is 24.0 Å². The summed E-state index contributed by atoms with van der Waals surface area (Å²) in [5.41, 5.74) is 8.50. The molecule has 0 spiro atoms. The van der Waals surface area contributed by atoms with Gasteiger partial charge in [-0.1, -0.05) is 51.5 Å². The van der Waals surface area contributed by atoms with Gasteiger partial charge in [0.15, 0.2) is 0 Å². The van der Waals surface area contributed by atoms with E-state index in [4.69, 9.17) is 5.73 Å². The summed E-state index contributed by atoms with van der Waals surface area (Å²) in [6.45, 7) is 7.60. The second-order valence-corrected chi connectivity index (χ2v) is 4.83. The summed E-state index contributed by atoms with van der Waals surface area (Å²) < 4.78 is 0. The SMILES string of the molecule is CCCc1ccc(C(C)C(C)CCN)cc1. The lowest BCUT2D eigenvalue weighted by atomic mass is 9.86. The quantitative estimate of drug-likeness (QED) is 0.775. The van der Waals surface area contributed by atoms with Gasteiger partial charge in [-0.3, -0.25) is 0 Å². The van der Waals surface area contributed by atoms with E-state index in [-0.39, 0.29) is 0 Å². The highest BCUT2D eigenvalue weighted by Crippen LogP contribution is 2.26. The minimum atomic E-state index is 0.610. The van der Waals surface area contributed by atoms with Gasteiger partial charge in [0.05, 0.1) is 0 Å². The molecule has 0 fully saturated rings. The summed E-state index contributed by atoms with van der Waals surface area (Å²) >= 11 is 0. The Hall–Kier alpha value is -0.820. The van der Waals surface area contributed by atoms with Crippen LogP contribution >= 0.6 is 0 Å². The third kappa shape index (κ3) is 3.64. The van der Waals surface area contributed by atoms with Crippen LogP contribution in [0, 0.1) is 5.92 Å². The van der Waals surface area contributed by atoms with E-state index < -0.39 is 0 Å². The van der Waals surface area contributed by atoms with Crippen molar-refractivity contribution in [1.82, 2.24) is 0 Å². The van der Waals surface area contributed by atoms with Crippen LogP contribution in [-0.4, -0.2) is 6.54 Å². The summed E-state index contributed by atoms with van der Waals surface area (Å²) in [5, 5.41) is 0. The lowest BCUT2D eigenvalue weighted by Gasteiger charge is -2.19. The molecule has 90 valence electrons. The van der Waals surface area contributed by atoms with E-state index in [1.807, 2.05) is 0 Å². The molecule has 0 bridgehead atoms. The minimum Gasteiger partial charge on any atom is -0.330 e. The van der Waals surface area contributed by atoms with Crippen molar-refractivity contribution in [2.45, 2.75) is 46.0 Å². The zero-order valence-corrected chi connectivity index (χ0v) is 10.9. The Morgan fingerprint density at radius 3 is 2.25 bits per heavy atom. The van der Waals surface area contributed by atoms with Crippen LogP contribution in [0.2, 0.25) is 0 Å². The minimum absolute atomic E-state index is 0.610. The first-order chi connectivity index (χ1) is 7.69. The summed E-state index contributed by atoms with van der Waals surface area (Å²) in [5.74, 6) is 1.28. The van der Waals surface area contributed by atoms with Crippen LogP contribution in [0.5, 0.6) is 0 Å². The zero-order valence-electron chi connectivity index (χ0n) is 10.9. The molecule has 1 nitrogen and oxygen atoms in total. The molecule has 1 rings (SSSR count). The van der Waals surface area contributed by atoms with E-state index in [0.717, 1.165) is 13.0 Å². The van der Waals surface area contributed by atoms with E-state index in [2.05, 4.69) is 45.0 Å². The van der Waals surface area contributed by atoms with E-state index in [0.29, 0.717) is 11.8 Å². The van der Waals surface area contributed by atoms with Gasteiger partial charge in [0.25, 0.3) is 0 Å². The van der Waals surface area contributed by atoms with Crippen LogP contribution in [0.3, 0.4) is 0 Å². The van der Waals surface area contributed by atoms with Crippen molar-refractivity contribution in [3.63, 3.8) is 0 Å². The van der Waals surface area contributed by atoms with Crippen LogP contribution in [0.15, 0.2) is 24.3 Å². The number of nitrogens with two attached hydrogens (primary N) is 1. The van der Waals surface area contributed by atoms with Gasteiger partial charge in [0.2, 0.25) is 0 Å². The van der Waals surface area contributed by atoms with Gasteiger partial charge in [-0.2, -0.15) is 0 Å². The fraction of sp³-hybridized carbons (Fsp3) is 0.600. The Bertz CT molecular complexity index is 289. The fourth-order valence-electron chi connectivity index (χ4n) is 2.12. The fourth-order valence-corrected chi connectivity index (χ4v) is 2.12. The molecule has 2 atom stereocenters. The Morgan fingerprint density at radius 2 is 1.75 bits per heavy atom. The smallest absolute Gasteiger partial charge is 0.00745 e. The highest BCUT2D eigenvalue weighted by Gasteiger charge is 2.13. The monoisotopic (exact) mass is 219 g/mol. The van der Waals surface area contributed by atoms with Crippen LogP contribution < -0.4 is 5.73 Å². The summed E-state index contributed by atoms with van der Waals surface area (Å²) in [7, 11) is 0. The van der Waals surface area contributed by atoms with E-state index in [9.17, 15) is 0 Å². The number of benzene rings is 1. The lowest BCUT2D eigenvalue weighted by Crippen LogP contribution is -2.12. The number of hydrogen-bond donors (Lipinski definition) is 1. The molecule has 1 aromatic rings. The predicted molar refractivity (Wildman–Crippen MR) is 71.7 cm³/mol. The van der Waals surface area contributed by atoms with Gasteiger partial charge >= 0.3 is 0 Å². The number of aryl methyl sites for hydroxylation is 1. The topological polar surface area (TPSA) is 26.0 Å². The average Bonchev–Trinajstić information content (AvgIpc) is 2.30. The van der Waals surface area contributed by atoms with Gasteiger partial charge in [0.1, 0.15) is 0 Å². The van der Waals surface area contributed by atoms with Crippen molar-refractivity contribution in [2.75, 3.05) is 6.54 Å². The molecule has 0 amide bonds. The molecule has 0 aliphatic carbocycles. The van der Waals surface area contributed by atoms with Crippen molar-refractivity contribution in [3.8, 4) is 0 Å². The molecule has 0 saturated heterocycles. The lowest BCUT2D eigenvalue weighted by molar-refractivity contribution is 0.459. The second kappa shape index (κ2) is 6.70. The molecule has 0 saturated carbocycles. The second-order valence-electron chi connectivity index (χ2n) is 4.83. The highest BCUT2D eigenvalue weighted by atomic mass is 14.5. The van der Waals surface area contributed by atoms with Gasteiger partial charge in [0, 0.05) is 0 Å². The molecule has 0 aliphatic heterocycles. The van der Waals surface area contributed by atoms with Crippen molar-refractivity contribution in [3.05, 3.63) is 35.4 Å². The molecule has 16 heavy (non-hydrogen) atoms. The van der Waals surface area contributed by atoms with Gasteiger partial charge < -0.3 is 5.73 Å². The average molecular weight is 219 g/mol. The van der Waals surface area contributed by atoms with E-state index >= 15 is 0 Å². The van der Waals surface area contributed by atoms with E-state index in [1.54, 1.807) is 0 Å². The molecule has 0 heterocycles. The van der Waals surface area contributed by atoms with Gasteiger partial charge in [-0.25, -0.2) is 0 Å².